The predicted molar refractivity (Wildman–Crippen MR) is 103 cm³/mol. The molecule has 0 bridgehead atoms. The zero-order chi connectivity index (χ0) is 19.6. The summed E-state index contributed by atoms with van der Waals surface area (Å²) in [5.41, 5.74) is 6.92. The van der Waals surface area contributed by atoms with Gasteiger partial charge in [0, 0.05) is 31.7 Å². The number of piperidine rings is 1. The van der Waals surface area contributed by atoms with Crippen LogP contribution < -0.4 is 16.4 Å². The number of hydrogen-bond donors (Lipinski definition) is 3. The van der Waals surface area contributed by atoms with E-state index in [4.69, 9.17) is 10.5 Å². The molecule has 2 heterocycles. The number of nitrogens with one attached hydrogen (secondary N) is 2. The van der Waals surface area contributed by atoms with Crippen LogP contribution in [0.3, 0.4) is 0 Å². The average molecular weight is 376 g/mol. The third kappa shape index (κ3) is 7.12. The van der Waals surface area contributed by atoms with Gasteiger partial charge in [-0.2, -0.15) is 0 Å². The van der Waals surface area contributed by atoms with Crippen LogP contribution >= 0.6 is 0 Å². The molecule has 4 N–H and O–H groups in total. The number of carbonyl (C=O) groups excluding carboxylic acids is 2. The fourth-order valence-corrected chi connectivity index (χ4v) is 2.70. The molecule has 1 aliphatic rings. The first kappa shape index (κ1) is 20.5. The number of anilines is 1. The van der Waals surface area contributed by atoms with Crippen LogP contribution in [0, 0.1) is 6.92 Å². The molecule has 0 unspecified atom stereocenters. The number of likely N-dealkylation sites (tertiary alicyclic amines) is 1. The Kier molecular flexibility index (Phi) is 7.84. The SMILES string of the molecule is CCOC(=O)N1CCC(NC(N)=NCCC(=O)Nc2ccc(C)cn2)CC1. The van der Waals surface area contributed by atoms with E-state index in [9.17, 15) is 9.59 Å². The Labute approximate surface area is 159 Å². The number of nitrogens with zero attached hydrogens (tertiary/aromatic N) is 3. The highest BCUT2D eigenvalue weighted by molar-refractivity contribution is 5.90. The van der Waals surface area contributed by atoms with Crippen LogP contribution in [0.15, 0.2) is 23.3 Å². The maximum absolute atomic E-state index is 11.9. The van der Waals surface area contributed by atoms with Crippen molar-refractivity contribution in [1.29, 1.82) is 0 Å². The minimum Gasteiger partial charge on any atom is -0.450 e. The minimum atomic E-state index is -0.272. The first-order valence-electron chi connectivity index (χ1n) is 9.18. The summed E-state index contributed by atoms with van der Waals surface area (Å²) in [6, 6.07) is 3.80. The Morgan fingerprint density at radius 1 is 1.37 bits per heavy atom. The Morgan fingerprint density at radius 3 is 2.74 bits per heavy atom. The topological polar surface area (TPSA) is 122 Å². The van der Waals surface area contributed by atoms with Gasteiger partial charge >= 0.3 is 6.09 Å². The van der Waals surface area contributed by atoms with Gasteiger partial charge in [0.2, 0.25) is 5.91 Å². The molecule has 2 amide bonds. The standard InChI is InChI=1S/C18H28N6O3/c1-3-27-18(26)24-10-7-14(8-11-24)22-17(19)20-9-6-16(25)23-15-5-4-13(2)12-21-15/h4-5,12,14H,3,6-11H2,1-2H3,(H3,19,20,22)(H,21,23,25). The van der Waals surface area contributed by atoms with E-state index in [-0.39, 0.29) is 31.0 Å². The monoisotopic (exact) mass is 376 g/mol. The maximum Gasteiger partial charge on any atom is 0.409 e. The number of hydrogen-bond acceptors (Lipinski definition) is 5. The van der Waals surface area contributed by atoms with E-state index in [0.717, 1.165) is 18.4 Å². The summed E-state index contributed by atoms with van der Waals surface area (Å²) in [6.07, 6.45) is 3.19. The summed E-state index contributed by atoms with van der Waals surface area (Å²) in [5, 5.41) is 5.87. The van der Waals surface area contributed by atoms with Crippen molar-refractivity contribution in [3.63, 3.8) is 0 Å². The fourth-order valence-electron chi connectivity index (χ4n) is 2.70. The second-order valence-electron chi connectivity index (χ2n) is 6.39. The van der Waals surface area contributed by atoms with E-state index in [1.807, 2.05) is 13.0 Å². The molecule has 0 radical (unpaired) electrons. The van der Waals surface area contributed by atoms with Crippen molar-refractivity contribution >= 4 is 23.8 Å². The first-order chi connectivity index (χ1) is 13.0. The second kappa shape index (κ2) is 10.3. The number of aryl methyl sites for hydroxylation is 1. The number of amides is 2. The summed E-state index contributed by atoms with van der Waals surface area (Å²) < 4.78 is 5.00. The molecule has 1 aromatic rings. The van der Waals surface area contributed by atoms with E-state index in [2.05, 4.69) is 20.6 Å². The van der Waals surface area contributed by atoms with Gasteiger partial charge in [0.25, 0.3) is 0 Å². The van der Waals surface area contributed by atoms with Gasteiger partial charge in [-0.05, 0) is 38.3 Å². The van der Waals surface area contributed by atoms with E-state index < -0.39 is 0 Å². The van der Waals surface area contributed by atoms with Gasteiger partial charge in [-0.15, -0.1) is 0 Å². The van der Waals surface area contributed by atoms with Crippen molar-refractivity contribution in [2.75, 3.05) is 31.6 Å². The lowest BCUT2D eigenvalue weighted by atomic mass is 10.1. The van der Waals surface area contributed by atoms with Crippen LogP contribution in [-0.2, 0) is 9.53 Å². The number of nitrogens with two attached hydrogens (primary N) is 1. The number of ether oxygens (including phenoxy) is 1. The molecule has 9 heteroatoms. The summed E-state index contributed by atoms with van der Waals surface area (Å²) in [6.45, 7) is 5.64. The second-order valence-corrected chi connectivity index (χ2v) is 6.39. The first-order valence-corrected chi connectivity index (χ1v) is 9.18. The van der Waals surface area contributed by atoms with E-state index in [1.54, 1.807) is 24.1 Å². The predicted octanol–water partition coefficient (Wildman–Crippen LogP) is 1.24. The molecule has 1 aromatic heterocycles. The number of pyridine rings is 1. The number of rotatable bonds is 6. The number of carbonyl (C=O) groups is 2. The molecule has 0 aliphatic carbocycles. The molecule has 2 rings (SSSR count). The normalized spacial score (nSPS) is 15.3. The number of aliphatic imine (C=N–C) groups is 1. The van der Waals surface area contributed by atoms with Crippen LogP contribution in [0.25, 0.3) is 0 Å². The molecule has 1 aliphatic heterocycles. The van der Waals surface area contributed by atoms with Crippen molar-refractivity contribution in [2.24, 2.45) is 10.7 Å². The van der Waals surface area contributed by atoms with Crippen LogP contribution in [0.4, 0.5) is 10.6 Å². The Hall–Kier alpha value is -2.84. The smallest absolute Gasteiger partial charge is 0.409 e. The quantitative estimate of drug-likeness (QED) is 0.507. The third-order valence-corrected chi connectivity index (χ3v) is 4.17. The largest absolute Gasteiger partial charge is 0.450 e. The van der Waals surface area contributed by atoms with Crippen LogP contribution in [0.5, 0.6) is 0 Å². The minimum absolute atomic E-state index is 0.157. The molecule has 0 atom stereocenters. The highest BCUT2D eigenvalue weighted by atomic mass is 16.6. The lowest BCUT2D eigenvalue weighted by Gasteiger charge is -2.31. The Morgan fingerprint density at radius 2 is 2.11 bits per heavy atom. The molecule has 148 valence electrons. The molecule has 0 spiro atoms. The van der Waals surface area contributed by atoms with Gasteiger partial charge in [-0.25, -0.2) is 9.78 Å². The van der Waals surface area contributed by atoms with Gasteiger partial charge in [0.15, 0.2) is 5.96 Å². The van der Waals surface area contributed by atoms with Crippen molar-refractivity contribution < 1.29 is 14.3 Å². The number of aromatic nitrogens is 1. The van der Waals surface area contributed by atoms with Crippen LogP contribution in [0.2, 0.25) is 0 Å². The molecular weight excluding hydrogens is 348 g/mol. The molecule has 1 fully saturated rings. The van der Waals surface area contributed by atoms with Gasteiger partial charge in [-0.1, -0.05) is 6.07 Å². The summed E-state index contributed by atoms with van der Waals surface area (Å²) in [7, 11) is 0. The summed E-state index contributed by atoms with van der Waals surface area (Å²) >= 11 is 0. The Bertz CT molecular complexity index is 654. The zero-order valence-electron chi connectivity index (χ0n) is 15.9. The van der Waals surface area contributed by atoms with Gasteiger partial charge < -0.3 is 26.0 Å². The van der Waals surface area contributed by atoms with Crippen molar-refractivity contribution in [3.05, 3.63) is 23.9 Å². The lowest BCUT2D eigenvalue weighted by Crippen LogP contribution is -2.48. The summed E-state index contributed by atoms with van der Waals surface area (Å²) in [5.74, 6) is 0.672. The molecular formula is C18H28N6O3. The van der Waals surface area contributed by atoms with Gasteiger partial charge in [-0.3, -0.25) is 9.79 Å². The third-order valence-electron chi connectivity index (χ3n) is 4.17. The van der Waals surface area contributed by atoms with Gasteiger partial charge in [0.05, 0.1) is 13.2 Å². The molecule has 9 nitrogen and oxygen atoms in total. The van der Waals surface area contributed by atoms with Crippen LogP contribution in [0.1, 0.15) is 31.7 Å². The van der Waals surface area contributed by atoms with Crippen molar-refractivity contribution in [3.8, 4) is 0 Å². The lowest BCUT2D eigenvalue weighted by molar-refractivity contribution is -0.116. The number of guanidine groups is 1. The highest BCUT2D eigenvalue weighted by Gasteiger charge is 2.23. The molecule has 1 saturated heterocycles. The van der Waals surface area contributed by atoms with Crippen molar-refractivity contribution in [1.82, 2.24) is 15.2 Å². The van der Waals surface area contributed by atoms with Crippen molar-refractivity contribution in [2.45, 2.75) is 39.2 Å². The molecule has 27 heavy (non-hydrogen) atoms. The average Bonchev–Trinajstić information content (AvgIpc) is 2.64. The Balaban J connectivity index is 1.66. The molecule has 0 saturated carbocycles. The zero-order valence-corrected chi connectivity index (χ0v) is 15.9. The van der Waals surface area contributed by atoms with E-state index in [0.29, 0.717) is 31.5 Å². The van der Waals surface area contributed by atoms with E-state index >= 15 is 0 Å². The molecule has 0 aromatic carbocycles. The fraction of sp³-hybridized carbons (Fsp3) is 0.556. The highest BCUT2D eigenvalue weighted by Crippen LogP contribution is 2.11. The van der Waals surface area contributed by atoms with E-state index in [1.165, 1.54) is 0 Å². The summed E-state index contributed by atoms with van der Waals surface area (Å²) in [4.78, 5) is 33.6. The van der Waals surface area contributed by atoms with Gasteiger partial charge in [0.1, 0.15) is 5.82 Å². The maximum atomic E-state index is 11.9. The van der Waals surface area contributed by atoms with Crippen LogP contribution in [-0.4, -0.2) is 60.1 Å².